The molecule has 78 valence electrons. The van der Waals surface area contributed by atoms with E-state index in [2.05, 4.69) is 25.6 Å². The molecule has 0 atom stereocenters. The van der Waals surface area contributed by atoms with Crippen LogP contribution in [0.3, 0.4) is 0 Å². The van der Waals surface area contributed by atoms with Crippen LogP contribution in [0.5, 0.6) is 0 Å². The van der Waals surface area contributed by atoms with Crippen molar-refractivity contribution < 1.29 is 0 Å². The summed E-state index contributed by atoms with van der Waals surface area (Å²) in [4.78, 5) is 0. The summed E-state index contributed by atoms with van der Waals surface area (Å²) in [5.41, 5.74) is 5.71. The van der Waals surface area contributed by atoms with Gasteiger partial charge in [-0.05, 0) is 31.1 Å². The molecule has 0 radical (unpaired) electrons. The minimum absolute atomic E-state index is 0.543. The van der Waals surface area contributed by atoms with Crippen molar-refractivity contribution in [1.29, 1.82) is 0 Å². The fraction of sp³-hybridized carbons (Fsp3) is 1.00. The Morgan fingerprint density at radius 1 is 1.23 bits per heavy atom. The fourth-order valence-electron chi connectivity index (χ4n) is 2.39. The van der Waals surface area contributed by atoms with E-state index in [9.17, 15) is 0 Å². The second-order valence-corrected chi connectivity index (χ2v) is 6.49. The standard InChI is InChI=1S/C11H23NS/c1-10(2)13-11(8-9-12)6-4-3-5-7-11/h10H,3-9,12H2,1-2H3. The van der Waals surface area contributed by atoms with Gasteiger partial charge in [-0.3, -0.25) is 0 Å². The molecular formula is C11H23NS. The zero-order chi connectivity index (χ0) is 9.73. The van der Waals surface area contributed by atoms with E-state index in [4.69, 9.17) is 5.73 Å². The summed E-state index contributed by atoms with van der Waals surface area (Å²) in [5.74, 6) is 0. The molecule has 0 spiro atoms. The van der Waals surface area contributed by atoms with Crippen LogP contribution in [0.1, 0.15) is 52.4 Å². The van der Waals surface area contributed by atoms with Crippen LogP contribution in [0.25, 0.3) is 0 Å². The zero-order valence-corrected chi connectivity index (χ0v) is 9.83. The first-order valence-electron chi connectivity index (χ1n) is 5.56. The van der Waals surface area contributed by atoms with Crippen LogP contribution in [0.15, 0.2) is 0 Å². The Morgan fingerprint density at radius 3 is 2.31 bits per heavy atom. The molecule has 1 aliphatic rings. The van der Waals surface area contributed by atoms with Crippen LogP contribution >= 0.6 is 11.8 Å². The molecule has 0 saturated heterocycles. The molecule has 0 bridgehead atoms. The molecule has 1 saturated carbocycles. The monoisotopic (exact) mass is 201 g/mol. The average molecular weight is 201 g/mol. The summed E-state index contributed by atoms with van der Waals surface area (Å²) in [5, 5.41) is 0.754. The van der Waals surface area contributed by atoms with E-state index >= 15 is 0 Å². The van der Waals surface area contributed by atoms with Crippen LogP contribution in [0, 0.1) is 0 Å². The average Bonchev–Trinajstić information content (AvgIpc) is 2.04. The fourth-order valence-corrected chi connectivity index (χ4v) is 4.15. The van der Waals surface area contributed by atoms with Gasteiger partial charge in [0.1, 0.15) is 0 Å². The van der Waals surface area contributed by atoms with E-state index in [0.717, 1.165) is 11.8 Å². The van der Waals surface area contributed by atoms with Crippen LogP contribution < -0.4 is 5.73 Å². The van der Waals surface area contributed by atoms with Gasteiger partial charge in [0.05, 0.1) is 0 Å². The number of hydrogen-bond acceptors (Lipinski definition) is 2. The Hall–Kier alpha value is 0.310. The predicted octanol–water partition coefficient (Wildman–Crippen LogP) is 3.18. The maximum atomic E-state index is 5.71. The summed E-state index contributed by atoms with van der Waals surface area (Å²) in [7, 11) is 0. The van der Waals surface area contributed by atoms with E-state index in [1.165, 1.54) is 38.5 Å². The lowest BCUT2D eigenvalue weighted by molar-refractivity contribution is 0.381. The van der Waals surface area contributed by atoms with Crippen molar-refractivity contribution in [2.75, 3.05) is 6.54 Å². The van der Waals surface area contributed by atoms with Gasteiger partial charge in [-0.25, -0.2) is 0 Å². The second-order valence-electron chi connectivity index (χ2n) is 4.45. The lowest BCUT2D eigenvalue weighted by Gasteiger charge is -2.38. The number of rotatable bonds is 4. The molecule has 13 heavy (non-hydrogen) atoms. The van der Waals surface area contributed by atoms with Gasteiger partial charge in [0.15, 0.2) is 0 Å². The molecule has 2 heteroatoms. The summed E-state index contributed by atoms with van der Waals surface area (Å²) in [6, 6.07) is 0. The van der Waals surface area contributed by atoms with Gasteiger partial charge >= 0.3 is 0 Å². The van der Waals surface area contributed by atoms with E-state index in [0.29, 0.717) is 4.75 Å². The Balaban J connectivity index is 2.50. The molecule has 1 aliphatic carbocycles. The molecule has 0 aliphatic heterocycles. The summed E-state index contributed by atoms with van der Waals surface area (Å²) < 4.78 is 0.543. The first-order valence-corrected chi connectivity index (χ1v) is 6.44. The third kappa shape index (κ3) is 3.51. The van der Waals surface area contributed by atoms with E-state index in [1.807, 2.05) is 0 Å². The van der Waals surface area contributed by atoms with Gasteiger partial charge in [-0.2, -0.15) is 11.8 Å². The van der Waals surface area contributed by atoms with Crippen LogP contribution in [-0.4, -0.2) is 16.5 Å². The zero-order valence-electron chi connectivity index (χ0n) is 9.01. The summed E-state index contributed by atoms with van der Waals surface area (Å²) in [6.07, 6.45) is 8.28. The van der Waals surface area contributed by atoms with Crippen LogP contribution in [0.4, 0.5) is 0 Å². The van der Waals surface area contributed by atoms with Gasteiger partial charge in [-0.15, -0.1) is 0 Å². The van der Waals surface area contributed by atoms with Gasteiger partial charge < -0.3 is 5.73 Å². The molecule has 0 aromatic rings. The van der Waals surface area contributed by atoms with Crippen LogP contribution in [0.2, 0.25) is 0 Å². The third-order valence-corrected chi connectivity index (χ3v) is 4.43. The molecule has 0 unspecified atom stereocenters. The van der Waals surface area contributed by atoms with E-state index in [-0.39, 0.29) is 0 Å². The van der Waals surface area contributed by atoms with Crippen molar-refractivity contribution in [3.8, 4) is 0 Å². The molecule has 0 aromatic carbocycles. The maximum Gasteiger partial charge on any atom is 0.0174 e. The lowest BCUT2D eigenvalue weighted by Crippen LogP contribution is -2.32. The third-order valence-electron chi connectivity index (χ3n) is 2.85. The Kier molecular flexibility index (Phi) is 4.60. The maximum absolute atomic E-state index is 5.71. The Labute approximate surface area is 86.8 Å². The highest BCUT2D eigenvalue weighted by molar-refractivity contribution is 8.01. The molecule has 1 fully saturated rings. The van der Waals surface area contributed by atoms with Crippen molar-refractivity contribution in [3.05, 3.63) is 0 Å². The largest absolute Gasteiger partial charge is 0.330 e. The summed E-state index contributed by atoms with van der Waals surface area (Å²) in [6.45, 7) is 5.47. The highest BCUT2D eigenvalue weighted by Crippen LogP contribution is 2.44. The van der Waals surface area contributed by atoms with Gasteiger partial charge in [0.2, 0.25) is 0 Å². The quantitative estimate of drug-likeness (QED) is 0.756. The van der Waals surface area contributed by atoms with E-state index < -0.39 is 0 Å². The molecule has 0 heterocycles. The van der Waals surface area contributed by atoms with Crippen molar-refractivity contribution >= 4 is 11.8 Å². The first kappa shape index (κ1) is 11.4. The topological polar surface area (TPSA) is 26.0 Å². The van der Waals surface area contributed by atoms with Crippen molar-refractivity contribution in [3.63, 3.8) is 0 Å². The van der Waals surface area contributed by atoms with Gasteiger partial charge in [-0.1, -0.05) is 33.1 Å². The number of thioether (sulfide) groups is 1. The molecule has 1 nitrogen and oxygen atoms in total. The normalized spacial score (nSPS) is 22.2. The smallest absolute Gasteiger partial charge is 0.0174 e. The van der Waals surface area contributed by atoms with Crippen LogP contribution in [-0.2, 0) is 0 Å². The highest BCUT2D eigenvalue weighted by Gasteiger charge is 2.32. The molecule has 0 aromatic heterocycles. The molecule has 2 N–H and O–H groups in total. The first-order chi connectivity index (χ1) is 6.18. The lowest BCUT2D eigenvalue weighted by atomic mass is 9.86. The van der Waals surface area contributed by atoms with Gasteiger partial charge in [0, 0.05) is 4.75 Å². The van der Waals surface area contributed by atoms with Gasteiger partial charge in [0.25, 0.3) is 0 Å². The minimum atomic E-state index is 0.543. The molecule has 1 rings (SSSR count). The molecular weight excluding hydrogens is 178 g/mol. The number of hydrogen-bond donors (Lipinski definition) is 1. The number of nitrogens with two attached hydrogens (primary N) is 1. The predicted molar refractivity (Wildman–Crippen MR) is 62.2 cm³/mol. The second kappa shape index (κ2) is 5.26. The molecule has 0 amide bonds. The highest BCUT2D eigenvalue weighted by atomic mass is 32.2. The Morgan fingerprint density at radius 2 is 1.85 bits per heavy atom. The van der Waals surface area contributed by atoms with Crippen molar-refractivity contribution in [2.45, 2.75) is 62.4 Å². The van der Waals surface area contributed by atoms with Crippen molar-refractivity contribution in [1.82, 2.24) is 0 Å². The van der Waals surface area contributed by atoms with E-state index in [1.54, 1.807) is 0 Å². The minimum Gasteiger partial charge on any atom is -0.330 e. The van der Waals surface area contributed by atoms with Crippen molar-refractivity contribution in [2.24, 2.45) is 5.73 Å². The SMILES string of the molecule is CC(C)SC1(CCN)CCCCC1. The Bertz CT molecular complexity index is 134. The summed E-state index contributed by atoms with van der Waals surface area (Å²) >= 11 is 2.17.